The number of aromatic carboxylic acids is 1. The van der Waals surface area contributed by atoms with Crippen molar-refractivity contribution >= 4 is 44.7 Å². The number of phenols is 2. The van der Waals surface area contributed by atoms with Gasteiger partial charge in [0.2, 0.25) is 5.75 Å². The minimum Gasteiger partial charge on any atom is -0.504 e. The fourth-order valence-electron chi connectivity index (χ4n) is 1.50. The summed E-state index contributed by atoms with van der Waals surface area (Å²) in [5.74, 6) is -2.98. The van der Waals surface area contributed by atoms with Crippen molar-refractivity contribution in [2.75, 3.05) is 0 Å². The van der Waals surface area contributed by atoms with Gasteiger partial charge in [-0.1, -0.05) is 11.6 Å². The van der Waals surface area contributed by atoms with E-state index in [2.05, 4.69) is 0 Å². The van der Waals surface area contributed by atoms with Crippen LogP contribution in [-0.4, -0.2) is 26.2 Å². The van der Waals surface area contributed by atoms with Crippen molar-refractivity contribution < 1.29 is 25.0 Å². The number of hydrogen-bond acceptors (Lipinski definition) is 6. The molecule has 0 bridgehead atoms. The van der Waals surface area contributed by atoms with E-state index in [9.17, 15) is 25.1 Å². The van der Waals surface area contributed by atoms with Gasteiger partial charge in [0.25, 0.3) is 0 Å². The summed E-state index contributed by atoms with van der Waals surface area (Å²) < 4.78 is 0.111. The fraction of sp³-hybridized carbons (Fsp3) is 0. The molecule has 0 saturated heterocycles. The standard InChI is InChI=1S/C9H4ClNO6S/c10-5-4-3(18-8(5)9(14)15)1-2(12)7(13)6(4)11(16)17/h1,12-13H,(H,14,15). The average molecular weight is 290 g/mol. The molecule has 2 rings (SSSR count). The molecule has 18 heavy (non-hydrogen) atoms. The Morgan fingerprint density at radius 2 is 2.06 bits per heavy atom. The molecule has 0 spiro atoms. The highest BCUT2D eigenvalue weighted by Crippen LogP contribution is 2.48. The second kappa shape index (κ2) is 4.00. The Morgan fingerprint density at radius 3 is 2.56 bits per heavy atom. The molecule has 9 heteroatoms. The normalized spacial score (nSPS) is 10.7. The molecule has 0 aliphatic carbocycles. The number of nitrogens with zero attached hydrogens (tertiary/aromatic N) is 1. The van der Waals surface area contributed by atoms with Crippen molar-refractivity contribution in [3.63, 3.8) is 0 Å². The molecule has 94 valence electrons. The van der Waals surface area contributed by atoms with Crippen molar-refractivity contribution in [2.45, 2.75) is 0 Å². The molecule has 0 saturated carbocycles. The Balaban J connectivity index is 3.00. The Kier molecular flexibility index (Phi) is 2.76. The van der Waals surface area contributed by atoms with Crippen LogP contribution in [0.15, 0.2) is 6.07 Å². The molecule has 1 heterocycles. The number of fused-ring (bicyclic) bond motifs is 1. The lowest BCUT2D eigenvalue weighted by molar-refractivity contribution is -0.384. The zero-order valence-electron chi connectivity index (χ0n) is 8.38. The molecule has 0 aliphatic heterocycles. The number of rotatable bonds is 2. The SMILES string of the molecule is O=C(O)c1sc2cc(O)c(O)c([N+](=O)[O-])c2c1Cl. The van der Waals surface area contributed by atoms with Gasteiger partial charge in [-0.25, -0.2) is 4.79 Å². The molecular weight excluding hydrogens is 286 g/mol. The number of phenolic OH excluding ortho intramolecular Hbond substituents is 2. The van der Waals surface area contributed by atoms with Crippen LogP contribution in [0, 0.1) is 10.1 Å². The number of thiophene rings is 1. The van der Waals surface area contributed by atoms with Crippen LogP contribution >= 0.6 is 22.9 Å². The molecule has 1 aromatic heterocycles. The highest BCUT2D eigenvalue weighted by molar-refractivity contribution is 7.21. The van der Waals surface area contributed by atoms with E-state index >= 15 is 0 Å². The van der Waals surface area contributed by atoms with E-state index in [1.807, 2.05) is 0 Å². The largest absolute Gasteiger partial charge is 0.504 e. The van der Waals surface area contributed by atoms with Crippen LogP contribution in [0.2, 0.25) is 5.02 Å². The van der Waals surface area contributed by atoms with E-state index in [0.717, 1.165) is 6.07 Å². The Morgan fingerprint density at radius 1 is 1.44 bits per heavy atom. The topological polar surface area (TPSA) is 121 Å². The van der Waals surface area contributed by atoms with Gasteiger partial charge < -0.3 is 15.3 Å². The Labute approximate surface area is 108 Å². The second-order valence-corrected chi connectivity index (χ2v) is 4.70. The van der Waals surface area contributed by atoms with Crippen LogP contribution in [0.5, 0.6) is 11.5 Å². The Bertz CT molecular complexity index is 694. The maximum Gasteiger partial charge on any atom is 0.347 e. The maximum absolute atomic E-state index is 10.9. The lowest BCUT2D eigenvalue weighted by atomic mass is 10.2. The quantitative estimate of drug-likeness (QED) is 0.444. The fourth-order valence-corrected chi connectivity index (χ4v) is 2.91. The molecule has 0 fully saturated rings. The van der Waals surface area contributed by atoms with E-state index in [0.29, 0.717) is 11.3 Å². The van der Waals surface area contributed by atoms with Gasteiger partial charge in [0, 0.05) is 10.8 Å². The summed E-state index contributed by atoms with van der Waals surface area (Å²) in [6, 6.07) is 1.03. The van der Waals surface area contributed by atoms with Crippen molar-refractivity contribution in [1.82, 2.24) is 0 Å². The second-order valence-electron chi connectivity index (χ2n) is 3.27. The highest BCUT2D eigenvalue weighted by Gasteiger charge is 2.29. The predicted molar refractivity (Wildman–Crippen MR) is 63.8 cm³/mol. The van der Waals surface area contributed by atoms with Gasteiger partial charge in [0.15, 0.2) is 5.75 Å². The van der Waals surface area contributed by atoms with Crippen molar-refractivity contribution in [1.29, 1.82) is 0 Å². The summed E-state index contributed by atoms with van der Waals surface area (Å²) in [7, 11) is 0. The predicted octanol–water partition coefficient (Wildman–Crippen LogP) is 2.57. The van der Waals surface area contributed by atoms with Crippen LogP contribution in [0.3, 0.4) is 0 Å². The van der Waals surface area contributed by atoms with Gasteiger partial charge in [-0.2, -0.15) is 0 Å². The lowest BCUT2D eigenvalue weighted by Crippen LogP contribution is -1.93. The summed E-state index contributed by atoms with van der Waals surface area (Å²) in [5.41, 5.74) is -0.807. The first-order chi connectivity index (χ1) is 8.34. The average Bonchev–Trinajstić information content (AvgIpc) is 2.57. The number of carbonyl (C=O) groups is 1. The summed E-state index contributed by atoms with van der Waals surface area (Å²) in [6.07, 6.45) is 0. The molecule has 0 radical (unpaired) electrons. The minimum absolute atomic E-state index is 0.111. The zero-order chi connectivity index (χ0) is 13.6. The smallest absolute Gasteiger partial charge is 0.347 e. The molecule has 0 unspecified atom stereocenters. The first-order valence-corrected chi connectivity index (χ1v) is 5.58. The van der Waals surface area contributed by atoms with Gasteiger partial charge in [-0.3, -0.25) is 10.1 Å². The Hall–Kier alpha value is -2.06. The zero-order valence-corrected chi connectivity index (χ0v) is 9.95. The van der Waals surface area contributed by atoms with Gasteiger partial charge >= 0.3 is 11.7 Å². The summed E-state index contributed by atoms with van der Waals surface area (Å²) in [5, 5.41) is 38.0. The lowest BCUT2D eigenvalue weighted by Gasteiger charge is -2.00. The number of nitro groups is 1. The van der Waals surface area contributed by atoms with Crippen LogP contribution in [0.1, 0.15) is 9.67 Å². The van der Waals surface area contributed by atoms with Crippen LogP contribution in [0.4, 0.5) is 5.69 Å². The van der Waals surface area contributed by atoms with Crippen LogP contribution in [0.25, 0.3) is 10.1 Å². The molecular formula is C9H4ClNO6S. The maximum atomic E-state index is 10.9. The van der Waals surface area contributed by atoms with Crippen LogP contribution < -0.4 is 0 Å². The van der Waals surface area contributed by atoms with E-state index < -0.39 is 28.1 Å². The van der Waals surface area contributed by atoms with Gasteiger partial charge in [0.05, 0.1) is 15.3 Å². The molecule has 2 aromatic rings. The van der Waals surface area contributed by atoms with Gasteiger partial charge in [-0.15, -0.1) is 11.3 Å². The molecule has 0 atom stereocenters. The number of aromatic hydroxyl groups is 2. The number of benzene rings is 1. The molecule has 7 nitrogen and oxygen atoms in total. The van der Waals surface area contributed by atoms with Crippen molar-refractivity contribution in [2.24, 2.45) is 0 Å². The third-order valence-electron chi connectivity index (χ3n) is 2.23. The number of hydrogen-bond donors (Lipinski definition) is 3. The van der Waals surface area contributed by atoms with Gasteiger partial charge in [-0.05, 0) is 0 Å². The summed E-state index contributed by atoms with van der Waals surface area (Å²) >= 11 is 6.44. The number of nitro benzene ring substituents is 1. The molecule has 3 N–H and O–H groups in total. The van der Waals surface area contributed by atoms with E-state index in [1.54, 1.807) is 0 Å². The third-order valence-corrected chi connectivity index (χ3v) is 3.84. The van der Waals surface area contributed by atoms with Crippen molar-refractivity contribution in [3.05, 3.63) is 26.1 Å². The first-order valence-electron chi connectivity index (χ1n) is 4.39. The molecule has 0 aliphatic rings. The monoisotopic (exact) mass is 289 g/mol. The molecule has 1 aromatic carbocycles. The molecule has 0 amide bonds. The van der Waals surface area contributed by atoms with E-state index in [-0.39, 0.29) is 20.0 Å². The van der Waals surface area contributed by atoms with E-state index in [1.165, 1.54) is 0 Å². The number of halogens is 1. The number of carboxylic acid groups (broad SMARTS) is 1. The van der Waals surface area contributed by atoms with Gasteiger partial charge in [0.1, 0.15) is 4.88 Å². The third kappa shape index (κ3) is 1.62. The number of carboxylic acids is 1. The van der Waals surface area contributed by atoms with Crippen LogP contribution in [-0.2, 0) is 0 Å². The van der Waals surface area contributed by atoms with E-state index in [4.69, 9.17) is 16.7 Å². The first kappa shape index (κ1) is 12.4. The minimum atomic E-state index is -1.34. The summed E-state index contributed by atoms with van der Waals surface area (Å²) in [6.45, 7) is 0. The highest BCUT2D eigenvalue weighted by atomic mass is 35.5. The summed E-state index contributed by atoms with van der Waals surface area (Å²) in [4.78, 5) is 20.5. The van der Waals surface area contributed by atoms with Crippen molar-refractivity contribution in [3.8, 4) is 11.5 Å².